The molecule has 2 aliphatic rings. The van der Waals surface area contributed by atoms with Crippen LogP contribution in [-0.2, 0) is 0 Å². The number of fused-ring (bicyclic) bond motifs is 3. The highest BCUT2D eigenvalue weighted by Crippen LogP contribution is 2.37. The summed E-state index contributed by atoms with van der Waals surface area (Å²) in [6.45, 7) is 0. The van der Waals surface area contributed by atoms with Crippen LogP contribution in [0.25, 0.3) is 16.5 Å². The number of furan rings is 1. The predicted octanol–water partition coefficient (Wildman–Crippen LogP) is 3.68. The predicted molar refractivity (Wildman–Crippen MR) is 73.4 cm³/mol. The van der Waals surface area contributed by atoms with Crippen LogP contribution >= 0.6 is 0 Å². The number of benzene rings is 1. The van der Waals surface area contributed by atoms with E-state index in [9.17, 15) is 0 Å². The molecule has 0 amide bonds. The topological polar surface area (TPSA) is 16.4 Å². The molecule has 2 aromatic rings. The Kier molecular flexibility index (Phi) is 2.15. The second kappa shape index (κ2) is 3.72. The van der Waals surface area contributed by atoms with Crippen LogP contribution in [0.1, 0.15) is 24.8 Å². The van der Waals surface area contributed by atoms with Gasteiger partial charge in [-0.15, -0.1) is 0 Å². The molecule has 4 rings (SSSR count). The fourth-order valence-corrected chi connectivity index (χ4v) is 3.41. The summed E-state index contributed by atoms with van der Waals surface area (Å²) in [6.07, 6.45) is 8.05. The van der Waals surface area contributed by atoms with Gasteiger partial charge >= 0.3 is 0 Å². The summed E-state index contributed by atoms with van der Waals surface area (Å²) >= 11 is 0. The Labute approximate surface area is 107 Å². The van der Waals surface area contributed by atoms with Crippen LogP contribution in [0.2, 0.25) is 0 Å². The van der Waals surface area contributed by atoms with E-state index in [4.69, 9.17) is 4.42 Å². The highest BCUT2D eigenvalue weighted by Gasteiger charge is 2.33. The molecule has 2 bridgehead atoms. The Balaban J connectivity index is 1.76. The van der Waals surface area contributed by atoms with E-state index in [0.717, 1.165) is 11.6 Å². The summed E-state index contributed by atoms with van der Waals surface area (Å²) in [5.74, 6) is 0. The van der Waals surface area contributed by atoms with E-state index >= 15 is 0 Å². The second-order valence-corrected chi connectivity index (χ2v) is 5.53. The zero-order valence-electron chi connectivity index (χ0n) is 10.6. The van der Waals surface area contributed by atoms with E-state index < -0.39 is 0 Å². The molecular weight excluding hydrogens is 222 g/mol. The number of likely N-dealkylation sites (N-methyl/N-ethyl adjacent to an activating group) is 1. The average molecular weight is 239 g/mol. The van der Waals surface area contributed by atoms with Crippen LogP contribution in [0.15, 0.2) is 41.0 Å². The molecule has 1 aromatic carbocycles. The molecule has 2 nitrogen and oxygen atoms in total. The van der Waals surface area contributed by atoms with Crippen molar-refractivity contribution in [1.29, 1.82) is 0 Å². The molecule has 92 valence electrons. The van der Waals surface area contributed by atoms with Crippen LogP contribution in [0.4, 0.5) is 0 Å². The Morgan fingerprint density at radius 1 is 1.22 bits per heavy atom. The first-order valence-electron chi connectivity index (χ1n) is 6.71. The van der Waals surface area contributed by atoms with E-state index in [-0.39, 0.29) is 0 Å². The molecule has 1 fully saturated rings. The first-order valence-corrected chi connectivity index (χ1v) is 6.71. The van der Waals surface area contributed by atoms with Gasteiger partial charge in [0.1, 0.15) is 5.58 Å². The number of rotatable bonds is 1. The Morgan fingerprint density at radius 2 is 2.17 bits per heavy atom. The van der Waals surface area contributed by atoms with Crippen molar-refractivity contribution in [3.63, 3.8) is 0 Å². The number of hydrogen-bond acceptors (Lipinski definition) is 2. The van der Waals surface area contributed by atoms with E-state index in [2.05, 4.69) is 36.2 Å². The van der Waals surface area contributed by atoms with Crippen molar-refractivity contribution in [3.8, 4) is 0 Å². The maximum atomic E-state index is 5.50. The molecule has 2 atom stereocenters. The van der Waals surface area contributed by atoms with Crippen molar-refractivity contribution >= 4 is 16.5 Å². The second-order valence-electron chi connectivity index (χ2n) is 5.53. The summed E-state index contributed by atoms with van der Waals surface area (Å²) < 4.78 is 5.50. The lowest BCUT2D eigenvalue weighted by Gasteiger charge is -2.30. The summed E-state index contributed by atoms with van der Waals surface area (Å²) in [5.41, 5.74) is 3.83. The van der Waals surface area contributed by atoms with E-state index in [0.29, 0.717) is 6.04 Å². The highest BCUT2D eigenvalue weighted by atomic mass is 16.3. The molecule has 1 aromatic heterocycles. The quantitative estimate of drug-likeness (QED) is 0.754. The molecule has 18 heavy (non-hydrogen) atoms. The molecule has 2 unspecified atom stereocenters. The monoisotopic (exact) mass is 239 g/mol. The average Bonchev–Trinajstić information content (AvgIpc) is 2.90. The molecule has 0 N–H and O–H groups in total. The lowest BCUT2D eigenvalue weighted by atomic mass is 9.95. The molecule has 0 radical (unpaired) electrons. The highest BCUT2D eigenvalue weighted by molar-refractivity contribution is 5.82. The normalized spacial score (nSPS) is 27.7. The van der Waals surface area contributed by atoms with Gasteiger partial charge in [0.05, 0.1) is 6.26 Å². The van der Waals surface area contributed by atoms with Crippen LogP contribution in [0.5, 0.6) is 0 Å². The van der Waals surface area contributed by atoms with Gasteiger partial charge in [-0.2, -0.15) is 0 Å². The molecule has 3 heterocycles. The van der Waals surface area contributed by atoms with Crippen molar-refractivity contribution in [3.05, 3.63) is 42.2 Å². The standard InChI is InChI=1S/C16H17NO/c1-17-14-4-5-15(17)9-13(8-14)12-3-2-11-6-7-18-16(11)10-12/h2-3,6-8,10,14-15H,4-5,9H2,1H3. The van der Waals surface area contributed by atoms with Crippen molar-refractivity contribution < 1.29 is 4.42 Å². The van der Waals surface area contributed by atoms with Gasteiger partial charge in [-0.3, -0.25) is 4.90 Å². The van der Waals surface area contributed by atoms with Gasteiger partial charge in [0.25, 0.3) is 0 Å². The summed E-state index contributed by atoms with van der Waals surface area (Å²) in [5, 5.41) is 1.19. The number of hydrogen-bond donors (Lipinski definition) is 0. The SMILES string of the molecule is CN1C2C=C(c3ccc4ccoc4c3)CC1CC2. The maximum Gasteiger partial charge on any atom is 0.134 e. The van der Waals surface area contributed by atoms with Gasteiger partial charge in [-0.05, 0) is 49.6 Å². The molecule has 0 spiro atoms. The van der Waals surface area contributed by atoms with E-state index in [1.807, 2.05) is 6.07 Å². The summed E-state index contributed by atoms with van der Waals surface area (Å²) in [4.78, 5) is 2.52. The summed E-state index contributed by atoms with van der Waals surface area (Å²) in [7, 11) is 2.26. The molecule has 2 aliphatic heterocycles. The molecule has 0 aliphatic carbocycles. The fraction of sp³-hybridized carbons (Fsp3) is 0.375. The minimum Gasteiger partial charge on any atom is -0.464 e. The zero-order chi connectivity index (χ0) is 12.1. The minimum absolute atomic E-state index is 0.644. The Bertz CT molecular complexity index is 625. The molecule has 2 heteroatoms. The molecule has 1 saturated heterocycles. The largest absolute Gasteiger partial charge is 0.464 e. The van der Waals surface area contributed by atoms with E-state index in [1.54, 1.807) is 6.26 Å². The van der Waals surface area contributed by atoms with Crippen molar-refractivity contribution in [1.82, 2.24) is 4.90 Å². The van der Waals surface area contributed by atoms with Crippen molar-refractivity contribution in [2.45, 2.75) is 31.3 Å². The van der Waals surface area contributed by atoms with Gasteiger partial charge in [-0.1, -0.05) is 18.2 Å². The first-order chi connectivity index (χ1) is 8.81. The van der Waals surface area contributed by atoms with Gasteiger partial charge in [0.15, 0.2) is 0 Å². The lowest BCUT2D eigenvalue weighted by Crippen LogP contribution is -2.34. The summed E-state index contributed by atoms with van der Waals surface area (Å²) in [6, 6.07) is 9.98. The number of nitrogens with zero attached hydrogens (tertiary/aromatic N) is 1. The minimum atomic E-state index is 0.644. The third-order valence-corrected chi connectivity index (χ3v) is 4.57. The van der Waals surface area contributed by atoms with Gasteiger partial charge in [0, 0.05) is 17.5 Å². The maximum absolute atomic E-state index is 5.50. The van der Waals surface area contributed by atoms with Crippen LogP contribution in [-0.4, -0.2) is 24.0 Å². The van der Waals surface area contributed by atoms with Gasteiger partial charge < -0.3 is 4.42 Å². The van der Waals surface area contributed by atoms with Gasteiger partial charge in [-0.25, -0.2) is 0 Å². The zero-order valence-corrected chi connectivity index (χ0v) is 10.6. The fourth-order valence-electron chi connectivity index (χ4n) is 3.41. The third-order valence-electron chi connectivity index (χ3n) is 4.57. The van der Waals surface area contributed by atoms with Gasteiger partial charge in [0.2, 0.25) is 0 Å². The van der Waals surface area contributed by atoms with Crippen LogP contribution < -0.4 is 0 Å². The van der Waals surface area contributed by atoms with Crippen molar-refractivity contribution in [2.24, 2.45) is 0 Å². The van der Waals surface area contributed by atoms with Crippen molar-refractivity contribution in [2.75, 3.05) is 7.05 Å². The Morgan fingerprint density at radius 3 is 3.06 bits per heavy atom. The molecular formula is C16H17NO. The van der Waals surface area contributed by atoms with Crippen LogP contribution in [0, 0.1) is 0 Å². The first kappa shape index (κ1) is 10.4. The lowest BCUT2D eigenvalue weighted by molar-refractivity contribution is 0.264. The smallest absolute Gasteiger partial charge is 0.134 e. The van der Waals surface area contributed by atoms with Crippen LogP contribution in [0.3, 0.4) is 0 Å². The third kappa shape index (κ3) is 1.45. The van der Waals surface area contributed by atoms with E-state index in [1.165, 1.54) is 35.8 Å². The Hall–Kier alpha value is -1.54. The molecule has 0 saturated carbocycles.